The van der Waals surface area contributed by atoms with Crippen LogP contribution in [0.2, 0.25) is 5.54 Å². The fraction of sp³-hybridized carbons (Fsp3) is 0.800. The van der Waals surface area contributed by atoms with Crippen molar-refractivity contribution in [3.8, 4) is 0 Å². The summed E-state index contributed by atoms with van der Waals surface area (Å²) in [7, 11) is 9.74. The van der Waals surface area contributed by atoms with Gasteiger partial charge in [-0.3, -0.25) is 9.80 Å². The monoisotopic (exact) mass is 200 g/mol. The van der Waals surface area contributed by atoms with Crippen LogP contribution in [-0.2, 0) is 0 Å². The van der Waals surface area contributed by atoms with E-state index in [0.29, 0.717) is 17.6 Å². The van der Waals surface area contributed by atoms with Gasteiger partial charge in [0.15, 0.2) is 0 Å². The molecular formula is C10H24N2Si. The number of hydrogen-bond acceptors (Lipinski definition) is 2. The Bertz CT molecular complexity index is 149. The summed E-state index contributed by atoms with van der Waals surface area (Å²) in [5.74, 6) is 0.661. The second-order valence-electron chi connectivity index (χ2n) is 4.29. The standard InChI is InChI=1S/C10H24N2Si/c1-7-9(13)8(2)10(11(3)4)12(5)6/h7-10H,1H2,2-6,13H3. The van der Waals surface area contributed by atoms with Gasteiger partial charge >= 0.3 is 0 Å². The molecule has 0 saturated heterocycles. The van der Waals surface area contributed by atoms with Crippen molar-refractivity contribution in [2.45, 2.75) is 18.6 Å². The van der Waals surface area contributed by atoms with Gasteiger partial charge in [-0.05, 0) is 39.6 Å². The molecule has 78 valence electrons. The molecule has 0 heterocycles. The van der Waals surface area contributed by atoms with E-state index in [9.17, 15) is 0 Å². The lowest BCUT2D eigenvalue weighted by molar-refractivity contribution is 0.0795. The number of nitrogens with zero attached hydrogens (tertiary/aromatic N) is 2. The molecule has 2 nitrogen and oxygen atoms in total. The minimum absolute atomic E-state index is 0.514. The summed E-state index contributed by atoms with van der Waals surface area (Å²) in [5, 5.41) is 0. The van der Waals surface area contributed by atoms with Gasteiger partial charge < -0.3 is 0 Å². The molecule has 0 fully saturated rings. The van der Waals surface area contributed by atoms with E-state index in [-0.39, 0.29) is 0 Å². The van der Waals surface area contributed by atoms with Crippen molar-refractivity contribution < 1.29 is 0 Å². The van der Waals surface area contributed by atoms with E-state index < -0.39 is 0 Å². The molecule has 3 heteroatoms. The second kappa shape index (κ2) is 5.57. The summed E-state index contributed by atoms with van der Waals surface area (Å²) in [4.78, 5) is 4.55. The summed E-state index contributed by atoms with van der Waals surface area (Å²) in [5.41, 5.74) is 0.690. The topological polar surface area (TPSA) is 6.48 Å². The Hall–Kier alpha value is -0.123. The van der Waals surface area contributed by atoms with Crippen LogP contribution in [0.25, 0.3) is 0 Å². The lowest BCUT2D eigenvalue weighted by atomic mass is 10.0. The Labute approximate surface area is 86.0 Å². The highest BCUT2D eigenvalue weighted by Crippen LogP contribution is 2.22. The fourth-order valence-electron chi connectivity index (χ4n) is 1.89. The first kappa shape index (κ1) is 12.9. The van der Waals surface area contributed by atoms with Crippen LogP contribution in [0.1, 0.15) is 6.92 Å². The van der Waals surface area contributed by atoms with Crippen molar-refractivity contribution in [3.05, 3.63) is 12.7 Å². The molecule has 0 saturated carbocycles. The van der Waals surface area contributed by atoms with E-state index in [1.54, 1.807) is 0 Å². The summed E-state index contributed by atoms with van der Waals surface area (Å²) >= 11 is 0. The molecule has 0 aromatic rings. The second-order valence-corrected chi connectivity index (χ2v) is 5.63. The first-order valence-corrected chi connectivity index (χ1v) is 6.02. The normalized spacial score (nSPS) is 16.9. The van der Waals surface area contributed by atoms with Crippen LogP contribution < -0.4 is 0 Å². The maximum absolute atomic E-state index is 3.88. The third-order valence-corrected chi connectivity index (χ3v) is 4.25. The summed E-state index contributed by atoms with van der Waals surface area (Å²) in [6.45, 7) is 6.19. The van der Waals surface area contributed by atoms with E-state index in [1.807, 2.05) is 0 Å². The minimum atomic E-state index is 0.514. The quantitative estimate of drug-likeness (QED) is 0.360. The van der Waals surface area contributed by atoms with Gasteiger partial charge in [0, 0.05) is 10.2 Å². The molecule has 0 amide bonds. The Morgan fingerprint density at radius 2 is 1.54 bits per heavy atom. The van der Waals surface area contributed by atoms with Gasteiger partial charge in [-0.1, -0.05) is 13.0 Å². The average Bonchev–Trinajstić information content (AvgIpc) is 2.01. The zero-order valence-electron chi connectivity index (χ0n) is 9.91. The van der Waals surface area contributed by atoms with Gasteiger partial charge in [-0.2, -0.15) is 0 Å². The van der Waals surface area contributed by atoms with Gasteiger partial charge in [0.2, 0.25) is 0 Å². The Kier molecular flexibility index (Phi) is 5.52. The molecule has 0 N–H and O–H groups in total. The fourth-order valence-corrected chi connectivity index (χ4v) is 2.23. The van der Waals surface area contributed by atoms with E-state index in [0.717, 1.165) is 0 Å². The maximum Gasteiger partial charge on any atom is 0.0641 e. The van der Waals surface area contributed by atoms with Crippen LogP contribution in [0.5, 0.6) is 0 Å². The minimum Gasteiger partial charge on any atom is -0.294 e. The van der Waals surface area contributed by atoms with Gasteiger partial charge in [0.05, 0.1) is 6.17 Å². The molecule has 0 bridgehead atoms. The van der Waals surface area contributed by atoms with Crippen molar-refractivity contribution >= 4 is 10.2 Å². The van der Waals surface area contributed by atoms with Gasteiger partial charge in [0.1, 0.15) is 0 Å². The van der Waals surface area contributed by atoms with Crippen molar-refractivity contribution in [2.75, 3.05) is 28.2 Å². The Balaban J connectivity index is 4.45. The molecule has 0 aliphatic rings. The van der Waals surface area contributed by atoms with Crippen molar-refractivity contribution in [1.29, 1.82) is 0 Å². The predicted molar refractivity (Wildman–Crippen MR) is 64.2 cm³/mol. The summed E-state index contributed by atoms with van der Waals surface area (Å²) in [6, 6.07) is 0. The molecule has 2 unspecified atom stereocenters. The third-order valence-electron chi connectivity index (χ3n) is 2.73. The van der Waals surface area contributed by atoms with Crippen LogP contribution in [0.4, 0.5) is 0 Å². The zero-order valence-corrected chi connectivity index (χ0v) is 11.9. The number of hydrogen-bond donors (Lipinski definition) is 0. The number of allylic oxidation sites excluding steroid dienone is 1. The van der Waals surface area contributed by atoms with Crippen LogP contribution in [0.15, 0.2) is 12.7 Å². The average molecular weight is 200 g/mol. The first-order valence-electron chi connectivity index (χ1n) is 4.87. The Morgan fingerprint density at radius 3 is 1.77 bits per heavy atom. The van der Waals surface area contributed by atoms with Crippen LogP contribution in [0.3, 0.4) is 0 Å². The molecule has 13 heavy (non-hydrogen) atoms. The molecule has 0 radical (unpaired) electrons. The molecule has 0 rings (SSSR count). The Morgan fingerprint density at radius 1 is 1.15 bits per heavy atom. The third kappa shape index (κ3) is 3.63. The van der Waals surface area contributed by atoms with Crippen molar-refractivity contribution in [2.24, 2.45) is 5.92 Å². The maximum atomic E-state index is 3.88. The van der Waals surface area contributed by atoms with Crippen molar-refractivity contribution in [1.82, 2.24) is 9.80 Å². The highest BCUT2D eigenvalue weighted by atomic mass is 28.1. The van der Waals surface area contributed by atoms with E-state index in [4.69, 9.17) is 0 Å². The van der Waals surface area contributed by atoms with Gasteiger partial charge in [-0.25, -0.2) is 0 Å². The summed E-state index contributed by atoms with van der Waals surface area (Å²) in [6.07, 6.45) is 2.61. The van der Waals surface area contributed by atoms with E-state index in [1.165, 1.54) is 10.2 Å². The first-order chi connectivity index (χ1) is 5.91. The number of rotatable bonds is 5. The highest BCUT2D eigenvalue weighted by Gasteiger charge is 2.24. The smallest absolute Gasteiger partial charge is 0.0641 e. The lowest BCUT2D eigenvalue weighted by Gasteiger charge is -2.37. The molecular weight excluding hydrogens is 176 g/mol. The summed E-state index contributed by atoms with van der Waals surface area (Å²) < 4.78 is 0. The molecule has 0 aliphatic carbocycles. The molecule has 0 aliphatic heterocycles. The molecule has 0 aromatic heterocycles. The van der Waals surface area contributed by atoms with Crippen molar-refractivity contribution in [3.63, 3.8) is 0 Å². The van der Waals surface area contributed by atoms with E-state index in [2.05, 4.69) is 57.6 Å². The van der Waals surface area contributed by atoms with Gasteiger partial charge in [0.25, 0.3) is 0 Å². The van der Waals surface area contributed by atoms with Crippen LogP contribution in [-0.4, -0.2) is 54.4 Å². The SMILES string of the molecule is C=CC([SiH3])C(C)C(N(C)C)N(C)C. The highest BCUT2D eigenvalue weighted by molar-refractivity contribution is 6.13. The molecule has 2 atom stereocenters. The predicted octanol–water partition coefficient (Wildman–Crippen LogP) is 0.412. The zero-order chi connectivity index (χ0) is 10.6. The van der Waals surface area contributed by atoms with Crippen LogP contribution >= 0.6 is 0 Å². The molecule has 0 aromatic carbocycles. The van der Waals surface area contributed by atoms with E-state index >= 15 is 0 Å². The van der Waals surface area contributed by atoms with Gasteiger partial charge in [-0.15, -0.1) is 6.58 Å². The van der Waals surface area contributed by atoms with Crippen LogP contribution in [0, 0.1) is 5.92 Å². The lowest BCUT2D eigenvalue weighted by Crippen LogP contribution is -2.46. The largest absolute Gasteiger partial charge is 0.294 e. The molecule has 0 spiro atoms.